The third-order valence-electron chi connectivity index (χ3n) is 3.50. The molecule has 1 heterocycles. The Morgan fingerprint density at radius 1 is 1.00 bits per heavy atom. The van der Waals surface area contributed by atoms with E-state index in [1.165, 1.54) is 12.1 Å². The Hall–Kier alpha value is -1.57. The van der Waals surface area contributed by atoms with Gasteiger partial charge in [0.25, 0.3) is 0 Å². The Kier molecular flexibility index (Phi) is 5.09. The van der Waals surface area contributed by atoms with Gasteiger partial charge >= 0.3 is 0 Å². The highest BCUT2D eigenvalue weighted by Gasteiger charge is 2.16. The average molecular weight is 417 g/mol. The van der Waals surface area contributed by atoms with E-state index in [-0.39, 0.29) is 4.90 Å². The van der Waals surface area contributed by atoms with Crippen LogP contribution in [0.1, 0.15) is 10.5 Å². The maximum atomic E-state index is 11.4. The van der Waals surface area contributed by atoms with Gasteiger partial charge in [-0.2, -0.15) is 5.10 Å². The second-order valence-electron chi connectivity index (χ2n) is 5.21. The van der Waals surface area contributed by atoms with Crippen LogP contribution in [0.25, 0.3) is 16.9 Å². The van der Waals surface area contributed by atoms with E-state index in [2.05, 4.69) is 5.10 Å². The average Bonchev–Trinajstić information content (AvgIpc) is 3.00. The lowest BCUT2D eigenvalue weighted by Gasteiger charge is -2.08. The number of nitrogens with two attached hydrogens (primary N) is 1. The first kappa shape index (κ1) is 18.2. The third-order valence-corrected chi connectivity index (χ3v) is 5.13. The summed E-state index contributed by atoms with van der Waals surface area (Å²) in [6.07, 6.45) is 0. The molecule has 0 aliphatic heterocycles. The van der Waals surface area contributed by atoms with Crippen molar-refractivity contribution in [3.8, 4) is 16.9 Å². The summed E-state index contributed by atoms with van der Waals surface area (Å²) in [7, 11) is -3.76. The second-order valence-corrected chi connectivity index (χ2v) is 8.31. The Bertz CT molecular complexity index is 998. The normalized spacial score (nSPS) is 11.9. The van der Waals surface area contributed by atoms with Crippen molar-refractivity contribution < 1.29 is 8.42 Å². The van der Waals surface area contributed by atoms with Crippen LogP contribution in [0.4, 0.5) is 0 Å². The lowest BCUT2D eigenvalue weighted by atomic mass is 10.1. The monoisotopic (exact) mass is 415 g/mol. The van der Waals surface area contributed by atoms with Gasteiger partial charge in [0.1, 0.15) is 0 Å². The first-order chi connectivity index (χ1) is 11.8. The number of halogens is 3. The molecule has 25 heavy (non-hydrogen) atoms. The van der Waals surface area contributed by atoms with Gasteiger partial charge in [-0.15, -0.1) is 0 Å². The van der Waals surface area contributed by atoms with Crippen LogP contribution in [0.15, 0.2) is 59.5 Å². The van der Waals surface area contributed by atoms with Crippen LogP contribution in [0.3, 0.4) is 0 Å². The summed E-state index contributed by atoms with van der Waals surface area (Å²) in [5, 5.41) is 10.1. The summed E-state index contributed by atoms with van der Waals surface area (Å²) in [5.41, 5.74) is 2.70. The van der Waals surface area contributed by atoms with Crippen molar-refractivity contribution in [2.45, 2.75) is 9.73 Å². The summed E-state index contributed by atoms with van der Waals surface area (Å²) >= 11 is 17.8. The number of rotatable bonds is 4. The number of nitrogens with zero attached hydrogens (tertiary/aromatic N) is 2. The molecule has 130 valence electrons. The number of benzene rings is 2. The van der Waals surface area contributed by atoms with Gasteiger partial charge in [0.05, 0.1) is 22.0 Å². The molecule has 0 amide bonds. The van der Waals surface area contributed by atoms with Gasteiger partial charge in [0.2, 0.25) is 10.0 Å². The standard InChI is InChI=1S/C16H12Cl3N3O2S/c17-11-3-1-10(2-4-11)15-9-14(16(18)19)21-22(15)12-5-7-13(8-6-12)25(20,23)24/h1-9,16H,(H2,20,23,24). The molecule has 2 aromatic carbocycles. The molecule has 3 rings (SSSR count). The van der Waals surface area contributed by atoms with E-state index < -0.39 is 14.9 Å². The molecule has 0 unspecified atom stereocenters. The van der Waals surface area contributed by atoms with Gasteiger partial charge in [0.15, 0.2) is 4.84 Å². The minimum Gasteiger partial charge on any atom is -0.233 e. The molecule has 2 N–H and O–H groups in total. The molecule has 3 aromatic rings. The van der Waals surface area contributed by atoms with Gasteiger partial charge in [-0.1, -0.05) is 46.9 Å². The third kappa shape index (κ3) is 3.99. The maximum Gasteiger partial charge on any atom is 0.238 e. The topological polar surface area (TPSA) is 78.0 Å². The number of aromatic nitrogens is 2. The summed E-state index contributed by atoms with van der Waals surface area (Å²) < 4.78 is 24.4. The number of sulfonamides is 1. The summed E-state index contributed by atoms with van der Waals surface area (Å²) in [6.45, 7) is 0. The molecule has 0 saturated heterocycles. The molecule has 5 nitrogen and oxygen atoms in total. The molecule has 0 bridgehead atoms. The minimum absolute atomic E-state index is 0.0178. The molecular weight excluding hydrogens is 405 g/mol. The Morgan fingerprint density at radius 2 is 1.60 bits per heavy atom. The van der Waals surface area contributed by atoms with Crippen molar-refractivity contribution in [1.82, 2.24) is 9.78 Å². The molecule has 0 radical (unpaired) electrons. The zero-order valence-corrected chi connectivity index (χ0v) is 15.7. The van der Waals surface area contributed by atoms with Crippen LogP contribution in [-0.2, 0) is 10.0 Å². The second kappa shape index (κ2) is 6.97. The van der Waals surface area contributed by atoms with E-state index in [9.17, 15) is 8.42 Å². The fraction of sp³-hybridized carbons (Fsp3) is 0.0625. The van der Waals surface area contributed by atoms with Gasteiger partial charge < -0.3 is 0 Å². The number of hydrogen-bond donors (Lipinski definition) is 1. The molecule has 0 atom stereocenters. The highest BCUT2D eigenvalue weighted by atomic mass is 35.5. The van der Waals surface area contributed by atoms with Gasteiger partial charge in [-0.05, 0) is 42.5 Å². The minimum atomic E-state index is -3.76. The molecule has 0 fully saturated rings. The SMILES string of the molecule is NS(=O)(=O)c1ccc(-n2nc(C(Cl)Cl)cc2-c2ccc(Cl)cc2)cc1. The number of hydrogen-bond acceptors (Lipinski definition) is 3. The van der Waals surface area contributed by atoms with E-state index in [4.69, 9.17) is 39.9 Å². The highest BCUT2D eigenvalue weighted by Crippen LogP contribution is 2.31. The van der Waals surface area contributed by atoms with E-state index in [1.807, 2.05) is 12.1 Å². The van der Waals surface area contributed by atoms with Crippen molar-refractivity contribution in [2.75, 3.05) is 0 Å². The smallest absolute Gasteiger partial charge is 0.233 e. The van der Waals surface area contributed by atoms with Crippen LogP contribution < -0.4 is 5.14 Å². The summed E-state index contributed by atoms with van der Waals surface area (Å²) in [5.74, 6) is 0. The maximum absolute atomic E-state index is 11.4. The Labute approximate surface area is 160 Å². The van der Waals surface area contributed by atoms with E-state index in [0.717, 1.165) is 11.3 Å². The quantitative estimate of drug-likeness (QED) is 0.643. The van der Waals surface area contributed by atoms with E-state index in [1.54, 1.807) is 35.0 Å². The van der Waals surface area contributed by atoms with Crippen molar-refractivity contribution in [2.24, 2.45) is 5.14 Å². The van der Waals surface area contributed by atoms with Crippen molar-refractivity contribution in [3.05, 3.63) is 65.3 Å². The van der Waals surface area contributed by atoms with Crippen LogP contribution >= 0.6 is 34.8 Å². The molecule has 0 saturated carbocycles. The van der Waals surface area contributed by atoms with Gasteiger partial charge in [-0.3, -0.25) is 0 Å². The molecule has 1 aromatic heterocycles. The van der Waals surface area contributed by atoms with Crippen molar-refractivity contribution in [1.29, 1.82) is 0 Å². The molecule has 0 aliphatic carbocycles. The van der Waals surface area contributed by atoms with Gasteiger partial charge in [-0.25, -0.2) is 18.2 Å². The van der Waals surface area contributed by atoms with E-state index >= 15 is 0 Å². The molecule has 0 aliphatic rings. The summed E-state index contributed by atoms with van der Waals surface area (Å²) in [4.78, 5) is -0.778. The van der Waals surface area contributed by atoms with Crippen molar-refractivity contribution >= 4 is 44.8 Å². The number of alkyl halides is 2. The first-order valence-corrected chi connectivity index (χ1v) is 9.83. The zero-order valence-electron chi connectivity index (χ0n) is 12.6. The van der Waals surface area contributed by atoms with Crippen LogP contribution in [0.2, 0.25) is 5.02 Å². The molecule has 0 spiro atoms. The Morgan fingerprint density at radius 3 is 2.12 bits per heavy atom. The van der Waals surface area contributed by atoms with Crippen molar-refractivity contribution in [3.63, 3.8) is 0 Å². The lowest BCUT2D eigenvalue weighted by molar-refractivity contribution is 0.598. The fourth-order valence-electron chi connectivity index (χ4n) is 2.31. The summed E-state index contributed by atoms with van der Waals surface area (Å²) in [6, 6.07) is 15.0. The highest BCUT2D eigenvalue weighted by molar-refractivity contribution is 7.89. The lowest BCUT2D eigenvalue weighted by Crippen LogP contribution is -2.12. The predicted octanol–water partition coefficient (Wildman–Crippen LogP) is 4.32. The first-order valence-electron chi connectivity index (χ1n) is 7.03. The van der Waals surface area contributed by atoms with E-state index in [0.29, 0.717) is 16.4 Å². The Balaban J connectivity index is 2.13. The molecular formula is C16H12Cl3N3O2S. The van der Waals surface area contributed by atoms with Crippen LogP contribution in [-0.4, -0.2) is 18.2 Å². The van der Waals surface area contributed by atoms with Gasteiger partial charge in [0, 0.05) is 10.6 Å². The fourth-order valence-corrected chi connectivity index (χ4v) is 3.16. The van der Waals surface area contributed by atoms with Crippen LogP contribution in [0.5, 0.6) is 0 Å². The molecule has 9 heteroatoms. The largest absolute Gasteiger partial charge is 0.238 e. The van der Waals surface area contributed by atoms with Crippen LogP contribution in [0, 0.1) is 0 Å². The predicted molar refractivity (Wildman–Crippen MR) is 99.8 cm³/mol. The number of primary sulfonamides is 1. The zero-order chi connectivity index (χ0) is 18.2.